The van der Waals surface area contributed by atoms with Crippen LogP contribution in [-0.2, 0) is 17.8 Å². The molecule has 2 aromatic heterocycles. The van der Waals surface area contributed by atoms with Gasteiger partial charge in [0.2, 0.25) is 5.95 Å². The molecule has 13 heteroatoms. The maximum Gasteiger partial charge on any atom is 0.411 e. The highest BCUT2D eigenvalue weighted by molar-refractivity contribution is 5.49. The second kappa shape index (κ2) is 8.01. The maximum absolute atomic E-state index is 14.2. The molecule has 8 nitrogen and oxygen atoms in total. The summed E-state index contributed by atoms with van der Waals surface area (Å²) >= 11 is 0. The van der Waals surface area contributed by atoms with Crippen LogP contribution in [0.3, 0.4) is 0 Å². The minimum atomic E-state index is -4.70. The number of nitrogens with zero attached hydrogens (tertiary/aromatic N) is 6. The van der Waals surface area contributed by atoms with Gasteiger partial charge < -0.3 is 14.5 Å². The van der Waals surface area contributed by atoms with E-state index in [-0.39, 0.29) is 30.0 Å². The SMILES string of the molecule is C[C@@H]1COCCN1c1cc(=O)n2c(n1)N(Cc1ccnn1C(F)F)[C@](C)(C(F)(F)F)CC2. The largest absolute Gasteiger partial charge is 0.411 e. The number of aromatic nitrogens is 4. The molecule has 0 spiro atoms. The van der Waals surface area contributed by atoms with Crippen LogP contribution in [0.4, 0.5) is 33.7 Å². The molecular formula is C19H23F5N6O2. The number of morpholine rings is 1. The van der Waals surface area contributed by atoms with Gasteiger partial charge in [0.1, 0.15) is 11.4 Å². The lowest BCUT2D eigenvalue weighted by Crippen LogP contribution is -2.61. The Morgan fingerprint density at radius 2 is 2.06 bits per heavy atom. The van der Waals surface area contributed by atoms with Crippen molar-refractivity contribution in [2.45, 2.75) is 57.7 Å². The highest BCUT2D eigenvalue weighted by Gasteiger charge is 2.57. The lowest BCUT2D eigenvalue weighted by atomic mass is 9.92. The Bertz CT molecular complexity index is 1040. The Balaban J connectivity index is 1.84. The Morgan fingerprint density at radius 3 is 2.72 bits per heavy atom. The van der Waals surface area contributed by atoms with Gasteiger partial charge in [-0.1, -0.05) is 0 Å². The first-order valence-corrected chi connectivity index (χ1v) is 10.1. The van der Waals surface area contributed by atoms with Gasteiger partial charge in [-0.15, -0.1) is 0 Å². The maximum atomic E-state index is 14.2. The predicted octanol–water partition coefficient (Wildman–Crippen LogP) is 2.79. The Morgan fingerprint density at radius 1 is 1.31 bits per heavy atom. The summed E-state index contributed by atoms with van der Waals surface area (Å²) < 4.78 is 76.2. The van der Waals surface area contributed by atoms with E-state index in [9.17, 15) is 26.7 Å². The summed E-state index contributed by atoms with van der Waals surface area (Å²) in [5.41, 5.74) is -3.04. The minimum Gasteiger partial charge on any atom is -0.377 e. The van der Waals surface area contributed by atoms with Crippen LogP contribution in [0, 0.1) is 0 Å². The normalized spacial score (nSPS) is 24.2. The number of ether oxygens (including phenoxy) is 1. The van der Waals surface area contributed by atoms with E-state index in [1.807, 2.05) is 6.92 Å². The number of anilines is 2. The van der Waals surface area contributed by atoms with Gasteiger partial charge in [-0.3, -0.25) is 9.36 Å². The quantitative estimate of drug-likeness (QED) is 0.651. The molecule has 2 aromatic rings. The van der Waals surface area contributed by atoms with Gasteiger partial charge in [-0.05, 0) is 26.3 Å². The van der Waals surface area contributed by atoms with Gasteiger partial charge >= 0.3 is 12.7 Å². The Hall–Kier alpha value is -2.70. The first kappa shape index (κ1) is 22.5. The molecule has 0 aromatic carbocycles. The summed E-state index contributed by atoms with van der Waals surface area (Å²) in [6.45, 7) is 0.297. The number of hydrogen-bond acceptors (Lipinski definition) is 6. The summed E-state index contributed by atoms with van der Waals surface area (Å²) in [4.78, 5) is 20.0. The van der Waals surface area contributed by atoms with Gasteiger partial charge in [0.25, 0.3) is 5.56 Å². The van der Waals surface area contributed by atoms with E-state index in [0.29, 0.717) is 24.4 Å². The van der Waals surface area contributed by atoms with E-state index < -0.39 is 36.8 Å². The van der Waals surface area contributed by atoms with Gasteiger partial charge in [-0.2, -0.15) is 32.0 Å². The minimum absolute atomic E-state index is 0.122. The van der Waals surface area contributed by atoms with Crippen molar-refractivity contribution in [3.05, 3.63) is 34.4 Å². The van der Waals surface area contributed by atoms with E-state index in [1.54, 1.807) is 4.90 Å². The van der Waals surface area contributed by atoms with Crippen LogP contribution in [0.15, 0.2) is 23.1 Å². The molecule has 2 atom stereocenters. The fourth-order valence-corrected chi connectivity index (χ4v) is 4.14. The number of rotatable bonds is 4. The highest BCUT2D eigenvalue weighted by Crippen LogP contribution is 2.44. The topological polar surface area (TPSA) is 68.4 Å². The first-order valence-electron chi connectivity index (χ1n) is 10.1. The summed E-state index contributed by atoms with van der Waals surface area (Å²) in [5, 5.41) is 3.51. The summed E-state index contributed by atoms with van der Waals surface area (Å²) in [6, 6.07) is 2.39. The second-order valence-electron chi connectivity index (χ2n) is 8.17. The van der Waals surface area contributed by atoms with Crippen LogP contribution in [0.25, 0.3) is 0 Å². The average molecular weight is 462 g/mol. The number of halogens is 5. The molecule has 0 saturated carbocycles. The zero-order chi connectivity index (χ0) is 23.3. The number of alkyl halides is 5. The van der Waals surface area contributed by atoms with E-state index in [2.05, 4.69) is 10.1 Å². The molecule has 32 heavy (non-hydrogen) atoms. The molecule has 4 heterocycles. The standard InChI is InChI=1S/C19H23F5N6O2/c1-12-11-32-8-7-27(12)14-9-15(31)28-6-4-18(2,19(22,23)24)29(17(28)26-14)10-13-3-5-25-30(13)16(20)21/h3,5,9,12,16H,4,6-8,10-11H2,1-2H3/t12-,18+/m1/s1. The molecule has 0 N–H and O–H groups in total. The summed E-state index contributed by atoms with van der Waals surface area (Å²) in [7, 11) is 0. The molecule has 0 amide bonds. The van der Waals surface area contributed by atoms with E-state index in [0.717, 1.165) is 22.6 Å². The highest BCUT2D eigenvalue weighted by atomic mass is 19.4. The van der Waals surface area contributed by atoms with Crippen LogP contribution in [0.2, 0.25) is 0 Å². The molecule has 2 aliphatic rings. The molecule has 0 unspecified atom stereocenters. The number of hydrogen-bond donors (Lipinski definition) is 0. The van der Waals surface area contributed by atoms with Crippen molar-refractivity contribution in [1.29, 1.82) is 0 Å². The zero-order valence-electron chi connectivity index (χ0n) is 17.5. The third-order valence-corrected chi connectivity index (χ3v) is 6.16. The van der Waals surface area contributed by atoms with Crippen molar-refractivity contribution in [3.8, 4) is 0 Å². The summed E-state index contributed by atoms with van der Waals surface area (Å²) in [5.74, 6) is 0.0233. The zero-order valence-corrected chi connectivity index (χ0v) is 17.5. The predicted molar refractivity (Wildman–Crippen MR) is 105 cm³/mol. The van der Waals surface area contributed by atoms with Crippen molar-refractivity contribution >= 4 is 11.8 Å². The van der Waals surface area contributed by atoms with Crippen molar-refractivity contribution in [3.63, 3.8) is 0 Å². The Labute approximate surface area is 180 Å². The third-order valence-electron chi connectivity index (χ3n) is 6.16. The lowest BCUT2D eigenvalue weighted by molar-refractivity contribution is -0.187. The molecular weight excluding hydrogens is 439 g/mol. The smallest absolute Gasteiger partial charge is 0.377 e. The second-order valence-corrected chi connectivity index (χ2v) is 8.17. The van der Waals surface area contributed by atoms with Crippen LogP contribution >= 0.6 is 0 Å². The fraction of sp³-hybridized carbons (Fsp3) is 0.632. The van der Waals surface area contributed by atoms with Crippen molar-refractivity contribution in [2.75, 3.05) is 29.6 Å². The van der Waals surface area contributed by atoms with Crippen LogP contribution in [0.5, 0.6) is 0 Å². The van der Waals surface area contributed by atoms with Crippen molar-refractivity contribution in [1.82, 2.24) is 19.3 Å². The molecule has 4 rings (SSSR count). The molecule has 1 saturated heterocycles. The number of fused-ring (bicyclic) bond motifs is 1. The van der Waals surface area contributed by atoms with E-state index in [1.165, 1.54) is 12.1 Å². The van der Waals surface area contributed by atoms with Crippen LogP contribution in [0.1, 0.15) is 32.5 Å². The molecule has 0 bridgehead atoms. The molecule has 0 aliphatic carbocycles. The van der Waals surface area contributed by atoms with Crippen molar-refractivity contribution < 1.29 is 26.7 Å². The summed E-state index contributed by atoms with van der Waals surface area (Å²) in [6.07, 6.45) is -4.03. The van der Waals surface area contributed by atoms with Crippen LogP contribution in [-0.4, -0.2) is 56.8 Å². The monoisotopic (exact) mass is 462 g/mol. The molecule has 176 valence electrons. The van der Waals surface area contributed by atoms with Gasteiger partial charge in [0.05, 0.1) is 31.5 Å². The lowest BCUT2D eigenvalue weighted by Gasteiger charge is -2.47. The van der Waals surface area contributed by atoms with Crippen molar-refractivity contribution in [2.24, 2.45) is 0 Å². The van der Waals surface area contributed by atoms with Gasteiger partial charge in [0.15, 0.2) is 0 Å². The molecule has 0 radical (unpaired) electrons. The van der Waals surface area contributed by atoms with Crippen LogP contribution < -0.4 is 15.4 Å². The van der Waals surface area contributed by atoms with Gasteiger partial charge in [-0.25, -0.2) is 4.68 Å². The fourth-order valence-electron chi connectivity index (χ4n) is 4.14. The van der Waals surface area contributed by atoms with E-state index >= 15 is 0 Å². The Kier molecular flexibility index (Phi) is 5.63. The third kappa shape index (κ3) is 3.71. The van der Waals surface area contributed by atoms with Gasteiger partial charge in [0, 0.05) is 25.4 Å². The van der Waals surface area contributed by atoms with E-state index in [4.69, 9.17) is 4.74 Å². The molecule has 1 fully saturated rings. The average Bonchev–Trinajstić information content (AvgIpc) is 3.18. The first-order chi connectivity index (χ1) is 15.0. The molecule has 2 aliphatic heterocycles.